The maximum absolute atomic E-state index is 12.0. The van der Waals surface area contributed by atoms with Crippen LogP contribution in [-0.4, -0.2) is 34.7 Å². The molecule has 1 heterocycles. The number of fused-ring (bicyclic) bond motifs is 1. The van der Waals surface area contributed by atoms with Crippen LogP contribution in [0.1, 0.15) is 51.4 Å². The lowest BCUT2D eigenvalue weighted by Gasteiger charge is -2.27. The zero-order valence-electron chi connectivity index (χ0n) is 12.5. The number of ether oxygens (including phenoxy) is 1. The molecule has 0 aromatic carbocycles. The fraction of sp³-hybridized carbons (Fsp3) is 0.688. The van der Waals surface area contributed by atoms with E-state index in [0.717, 1.165) is 0 Å². The summed E-state index contributed by atoms with van der Waals surface area (Å²) in [7, 11) is 0. The van der Waals surface area contributed by atoms with Crippen molar-refractivity contribution in [3.05, 3.63) is 6.42 Å². The Bertz CT molecular complexity index is 469. The average Bonchev–Trinajstić information content (AvgIpc) is 2.75. The number of carboxylic acid groups (broad SMARTS) is 1. The summed E-state index contributed by atoms with van der Waals surface area (Å²) in [6.07, 6.45) is 4.37. The van der Waals surface area contributed by atoms with Crippen LogP contribution in [0.4, 0.5) is 0 Å². The van der Waals surface area contributed by atoms with E-state index in [1.807, 2.05) is 0 Å². The second-order valence-electron chi connectivity index (χ2n) is 6.01. The molecule has 0 spiro atoms. The SMILES string of the molecule is O=C(O)CCCCC(=O)CC[C@H]1C(=O)[CH][C@@H]2OC(=O)CC[C@@H]21. The number of unbranched alkanes of at least 4 members (excludes halogenated alkanes) is 1. The molecule has 1 saturated carbocycles. The Labute approximate surface area is 129 Å². The molecule has 3 atom stereocenters. The third-order valence-electron chi connectivity index (χ3n) is 4.41. The van der Waals surface area contributed by atoms with Gasteiger partial charge in [-0.1, -0.05) is 0 Å². The minimum atomic E-state index is -0.850. The summed E-state index contributed by atoms with van der Waals surface area (Å²) in [4.78, 5) is 45.4. The summed E-state index contributed by atoms with van der Waals surface area (Å²) in [5, 5.41) is 8.52. The molecule has 2 fully saturated rings. The number of carboxylic acids is 1. The third kappa shape index (κ3) is 4.39. The molecule has 0 bridgehead atoms. The van der Waals surface area contributed by atoms with E-state index in [2.05, 4.69) is 0 Å². The zero-order chi connectivity index (χ0) is 16.1. The molecule has 6 heteroatoms. The molecule has 22 heavy (non-hydrogen) atoms. The summed E-state index contributed by atoms with van der Waals surface area (Å²) in [6.45, 7) is 0. The number of rotatable bonds is 8. The summed E-state index contributed by atoms with van der Waals surface area (Å²) in [5.41, 5.74) is 0. The minimum Gasteiger partial charge on any atom is -0.481 e. The fourth-order valence-electron chi connectivity index (χ4n) is 3.23. The van der Waals surface area contributed by atoms with E-state index in [4.69, 9.17) is 9.84 Å². The Hall–Kier alpha value is -1.72. The monoisotopic (exact) mass is 309 g/mol. The predicted molar refractivity (Wildman–Crippen MR) is 75.7 cm³/mol. The standard InChI is InChI=1S/C16H21O6/c17-10(3-1-2-4-15(19)20)5-6-11-12-7-8-16(21)22-14(12)9-13(11)18/h9,11-12,14H,1-8H2,(H,19,20)/t11-,12-,14+/m1/s1. The van der Waals surface area contributed by atoms with Crippen molar-refractivity contribution in [1.82, 2.24) is 0 Å². The van der Waals surface area contributed by atoms with Gasteiger partial charge in [0.1, 0.15) is 17.7 Å². The Kier molecular flexibility index (Phi) is 5.69. The molecular weight excluding hydrogens is 288 g/mol. The highest BCUT2D eigenvalue weighted by atomic mass is 16.5. The number of hydrogen-bond donors (Lipinski definition) is 1. The van der Waals surface area contributed by atoms with Crippen LogP contribution >= 0.6 is 0 Å². The second kappa shape index (κ2) is 7.51. The Morgan fingerprint density at radius 3 is 2.64 bits per heavy atom. The number of aliphatic carboxylic acids is 1. The first-order valence-electron chi connectivity index (χ1n) is 7.79. The van der Waals surface area contributed by atoms with Crippen LogP contribution < -0.4 is 0 Å². The third-order valence-corrected chi connectivity index (χ3v) is 4.41. The molecule has 0 unspecified atom stereocenters. The predicted octanol–water partition coefficient (Wildman–Crippen LogP) is 1.71. The van der Waals surface area contributed by atoms with Gasteiger partial charge in [-0.2, -0.15) is 0 Å². The normalized spacial score (nSPS) is 27.4. The van der Waals surface area contributed by atoms with Crippen molar-refractivity contribution in [1.29, 1.82) is 0 Å². The van der Waals surface area contributed by atoms with Crippen LogP contribution in [0.3, 0.4) is 0 Å². The van der Waals surface area contributed by atoms with E-state index in [1.54, 1.807) is 0 Å². The number of carbonyl (C=O) groups excluding carboxylic acids is 3. The maximum atomic E-state index is 12.0. The van der Waals surface area contributed by atoms with Crippen molar-refractivity contribution in [3.63, 3.8) is 0 Å². The van der Waals surface area contributed by atoms with Gasteiger partial charge in [0.25, 0.3) is 0 Å². The van der Waals surface area contributed by atoms with Crippen LogP contribution in [0.2, 0.25) is 0 Å². The smallest absolute Gasteiger partial charge is 0.306 e. The highest BCUT2D eigenvalue weighted by molar-refractivity contribution is 5.94. The number of Topliss-reactive ketones (excluding diaryl/α,β-unsaturated/α-hetero) is 2. The average molecular weight is 309 g/mol. The highest BCUT2D eigenvalue weighted by Crippen LogP contribution is 2.39. The Balaban J connectivity index is 1.72. The van der Waals surface area contributed by atoms with Gasteiger partial charge in [0.05, 0.1) is 6.42 Å². The van der Waals surface area contributed by atoms with E-state index in [0.29, 0.717) is 44.9 Å². The topological polar surface area (TPSA) is 97.7 Å². The number of ketones is 2. The molecule has 0 amide bonds. The lowest BCUT2D eigenvalue weighted by atomic mass is 9.85. The molecule has 0 aromatic rings. The van der Waals surface area contributed by atoms with Crippen molar-refractivity contribution in [2.24, 2.45) is 11.8 Å². The van der Waals surface area contributed by atoms with Gasteiger partial charge in [-0.15, -0.1) is 0 Å². The minimum absolute atomic E-state index is 0.0185. The van der Waals surface area contributed by atoms with Crippen LogP contribution in [0.25, 0.3) is 0 Å². The molecular formula is C16H21O6. The maximum Gasteiger partial charge on any atom is 0.306 e. The van der Waals surface area contributed by atoms with Crippen molar-refractivity contribution in [2.75, 3.05) is 0 Å². The van der Waals surface area contributed by atoms with Crippen LogP contribution in [0.5, 0.6) is 0 Å². The van der Waals surface area contributed by atoms with E-state index in [-0.39, 0.29) is 35.8 Å². The van der Waals surface area contributed by atoms with Gasteiger partial charge in [-0.3, -0.25) is 19.2 Å². The van der Waals surface area contributed by atoms with Crippen LogP contribution in [0.15, 0.2) is 0 Å². The van der Waals surface area contributed by atoms with Gasteiger partial charge in [0, 0.05) is 37.5 Å². The van der Waals surface area contributed by atoms with Gasteiger partial charge < -0.3 is 9.84 Å². The molecule has 121 valence electrons. The van der Waals surface area contributed by atoms with Crippen molar-refractivity contribution < 1.29 is 29.0 Å². The van der Waals surface area contributed by atoms with E-state index in [9.17, 15) is 19.2 Å². The quantitative estimate of drug-likeness (QED) is 0.541. The molecule has 1 radical (unpaired) electrons. The molecule has 0 aromatic heterocycles. The lowest BCUT2D eigenvalue weighted by Crippen LogP contribution is -2.31. The fourth-order valence-corrected chi connectivity index (χ4v) is 3.23. The second-order valence-corrected chi connectivity index (χ2v) is 6.01. The van der Waals surface area contributed by atoms with Crippen LogP contribution in [0, 0.1) is 18.3 Å². The largest absolute Gasteiger partial charge is 0.481 e. The van der Waals surface area contributed by atoms with Crippen molar-refractivity contribution in [3.8, 4) is 0 Å². The van der Waals surface area contributed by atoms with Gasteiger partial charge in [-0.05, 0) is 25.7 Å². The van der Waals surface area contributed by atoms with Gasteiger partial charge >= 0.3 is 11.9 Å². The van der Waals surface area contributed by atoms with E-state index < -0.39 is 12.1 Å². The summed E-state index contributed by atoms with van der Waals surface area (Å²) in [6, 6.07) is 0. The van der Waals surface area contributed by atoms with Gasteiger partial charge in [0.15, 0.2) is 0 Å². The molecule has 2 aliphatic rings. The van der Waals surface area contributed by atoms with E-state index in [1.165, 1.54) is 6.42 Å². The molecule has 1 aliphatic carbocycles. The van der Waals surface area contributed by atoms with Gasteiger partial charge in [-0.25, -0.2) is 0 Å². The summed E-state index contributed by atoms with van der Waals surface area (Å²) >= 11 is 0. The summed E-state index contributed by atoms with van der Waals surface area (Å²) in [5.74, 6) is -1.28. The molecule has 2 rings (SSSR count). The first-order chi connectivity index (χ1) is 10.5. The van der Waals surface area contributed by atoms with Crippen molar-refractivity contribution in [2.45, 2.75) is 57.5 Å². The number of esters is 1. The first-order valence-corrected chi connectivity index (χ1v) is 7.79. The Morgan fingerprint density at radius 1 is 1.18 bits per heavy atom. The number of carbonyl (C=O) groups is 4. The first kappa shape index (κ1) is 16.6. The van der Waals surface area contributed by atoms with Crippen molar-refractivity contribution >= 4 is 23.5 Å². The molecule has 6 nitrogen and oxygen atoms in total. The van der Waals surface area contributed by atoms with Gasteiger partial charge in [0.2, 0.25) is 0 Å². The molecule has 1 saturated heterocycles. The number of hydrogen-bond acceptors (Lipinski definition) is 5. The van der Waals surface area contributed by atoms with E-state index >= 15 is 0 Å². The molecule has 1 aliphatic heterocycles. The van der Waals surface area contributed by atoms with Crippen LogP contribution in [-0.2, 0) is 23.9 Å². The molecule has 1 N–H and O–H groups in total. The lowest BCUT2D eigenvalue weighted by molar-refractivity contribution is -0.155. The Morgan fingerprint density at radius 2 is 1.91 bits per heavy atom. The highest BCUT2D eigenvalue weighted by Gasteiger charge is 2.46. The zero-order valence-corrected chi connectivity index (χ0v) is 12.5. The summed E-state index contributed by atoms with van der Waals surface area (Å²) < 4.78 is 5.16.